The third-order valence-corrected chi connectivity index (χ3v) is 7.96. The Hall–Kier alpha value is -4.04. The van der Waals surface area contributed by atoms with Crippen LogP contribution in [0.5, 0.6) is 0 Å². The number of benzene rings is 4. The van der Waals surface area contributed by atoms with Gasteiger partial charge in [0.2, 0.25) is 0 Å². The molecule has 1 aliphatic heterocycles. The van der Waals surface area contributed by atoms with Gasteiger partial charge in [-0.15, -0.1) is 0 Å². The Kier molecular flexibility index (Phi) is 4.56. The predicted molar refractivity (Wildman–Crippen MR) is 148 cm³/mol. The smallest absolute Gasteiger partial charge is 0.148 e. The Morgan fingerprint density at radius 1 is 0.694 bits per heavy atom. The average molecular weight is 468 g/mol. The van der Waals surface area contributed by atoms with Crippen molar-refractivity contribution in [1.29, 1.82) is 0 Å². The fourth-order valence-electron chi connectivity index (χ4n) is 6.65. The summed E-state index contributed by atoms with van der Waals surface area (Å²) in [4.78, 5) is 2.50. The number of furan rings is 1. The second-order valence-electron chi connectivity index (χ2n) is 10.1. The largest absolute Gasteiger partial charge is 0.461 e. The number of fused-ring (bicyclic) bond motifs is 9. The minimum atomic E-state index is -0.499. The molecule has 0 bridgehead atoms. The normalized spacial score (nSPS) is 14.5. The van der Waals surface area contributed by atoms with Gasteiger partial charge in [-0.05, 0) is 53.3 Å². The van der Waals surface area contributed by atoms with Crippen molar-refractivity contribution < 1.29 is 4.42 Å². The average Bonchev–Trinajstić information content (AvgIpc) is 3.44. The number of rotatable bonds is 3. The van der Waals surface area contributed by atoms with Crippen LogP contribution in [0.1, 0.15) is 49.0 Å². The number of para-hydroxylation sites is 1. The van der Waals surface area contributed by atoms with Crippen LogP contribution < -0.4 is 4.90 Å². The zero-order valence-electron chi connectivity index (χ0n) is 21.0. The minimum absolute atomic E-state index is 0.263. The number of aryl methyl sites for hydroxylation is 1. The van der Waals surface area contributed by atoms with E-state index in [1.54, 1.807) is 0 Å². The molecule has 0 amide bonds. The Morgan fingerprint density at radius 3 is 1.86 bits per heavy atom. The van der Waals surface area contributed by atoms with Crippen LogP contribution in [-0.2, 0) is 11.8 Å². The molecule has 1 spiro atoms. The SMILES string of the molecule is CCc1oc2c(c1-c1ccccc1)N(C(C)C)c1ccccc1C21c2ccccc2-c2ccccc21. The summed E-state index contributed by atoms with van der Waals surface area (Å²) >= 11 is 0. The van der Waals surface area contributed by atoms with E-state index in [-0.39, 0.29) is 6.04 Å². The van der Waals surface area contributed by atoms with Crippen molar-refractivity contribution in [3.8, 4) is 22.3 Å². The molecule has 2 aliphatic rings. The van der Waals surface area contributed by atoms with Crippen molar-refractivity contribution >= 4 is 11.4 Å². The van der Waals surface area contributed by atoms with E-state index >= 15 is 0 Å². The van der Waals surface area contributed by atoms with Crippen molar-refractivity contribution in [3.05, 3.63) is 131 Å². The Bertz CT molecular complexity index is 1560. The van der Waals surface area contributed by atoms with Gasteiger partial charge in [0.25, 0.3) is 0 Å². The van der Waals surface area contributed by atoms with Gasteiger partial charge in [-0.3, -0.25) is 0 Å². The molecule has 1 aliphatic carbocycles. The molecule has 36 heavy (non-hydrogen) atoms. The van der Waals surface area contributed by atoms with Gasteiger partial charge >= 0.3 is 0 Å². The fraction of sp³-hybridized carbons (Fsp3) is 0.176. The minimum Gasteiger partial charge on any atom is -0.461 e. The van der Waals surface area contributed by atoms with Gasteiger partial charge in [0.15, 0.2) is 0 Å². The molecule has 0 saturated heterocycles. The summed E-state index contributed by atoms with van der Waals surface area (Å²) < 4.78 is 7.09. The van der Waals surface area contributed by atoms with E-state index in [1.807, 2.05) is 0 Å². The van der Waals surface area contributed by atoms with E-state index in [0.29, 0.717) is 0 Å². The zero-order chi connectivity index (χ0) is 24.4. The van der Waals surface area contributed by atoms with E-state index in [4.69, 9.17) is 4.42 Å². The lowest BCUT2D eigenvalue weighted by Gasteiger charge is -2.44. The molecule has 0 radical (unpaired) electrons. The molecule has 2 heteroatoms. The topological polar surface area (TPSA) is 16.4 Å². The van der Waals surface area contributed by atoms with E-state index in [0.717, 1.165) is 17.9 Å². The van der Waals surface area contributed by atoms with Gasteiger partial charge in [-0.25, -0.2) is 0 Å². The summed E-state index contributed by atoms with van der Waals surface area (Å²) in [6.07, 6.45) is 0.832. The highest BCUT2D eigenvalue weighted by Gasteiger charge is 2.55. The number of hydrogen-bond acceptors (Lipinski definition) is 2. The highest BCUT2D eigenvalue weighted by Crippen LogP contribution is 2.64. The van der Waals surface area contributed by atoms with Crippen LogP contribution in [0.25, 0.3) is 22.3 Å². The van der Waals surface area contributed by atoms with E-state index < -0.39 is 5.41 Å². The van der Waals surface area contributed by atoms with Crippen molar-refractivity contribution in [2.24, 2.45) is 0 Å². The second kappa shape index (κ2) is 7.73. The molecule has 0 N–H and O–H groups in total. The fourth-order valence-corrected chi connectivity index (χ4v) is 6.65. The van der Waals surface area contributed by atoms with Gasteiger partial charge in [0.1, 0.15) is 16.9 Å². The Labute approximate surface area is 212 Å². The zero-order valence-corrected chi connectivity index (χ0v) is 21.0. The molecule has 1 aromatic heterocycles. The lowest BCUT2D eigenvalue weighted by Crippen LogP contribution is -2.39. The van der Waals surface area contributed by atoms with Crippen molar-refractivity contribution in [2.45, 2.75) is 38.6 Å². The molecular formula is C34H29NO. The van der Waals surface area contributed by atoms with Gasteiger partial charge in [0, 0.05) is 23.7 Å². The van der Waals surface area contributed by atoms with Crippen LogP contribution in [0.4, 0.5) is 11.4 Å². The van der Waals surface area contributed by atoms with Crippen molar-refractivity contribution in [2.75, 3.05) is 4.90 Å². The molecule has 7 rings (SSSR count). The van der Waals surface area contributed by atoms with Crippen LogP contribution in [-0.4, -0.2) is 6.04 Å². The van der Waals surface area contributed by atoms with Crippen LogP contribution in [0.15, 0.2) is 108 Å². The first-order valence-corrected chi connectivity index (χ1v) is 13.0. The summed E-state index contributed by atoms with van der Waals surface area (Å²) in [5.74, 6) is 2.09. The monoisotopic (exact) mass is 467 g/mol. The summed E-state index contributed by atoms with van der Waals surface area (Å²) in [5, 5.41) is 0. The third kappa shape index (κ3) is 2.57. The first kappa shape index (κ1) is 21.3. The van der Waals surface area contributed by atoms with Gasteiger partial charge in [-0.2, -0.15) is 0 Å². The first-order chi connectivity index (χ1) is 17.7. The molecule has 0 saturated carbocycles. The maximum absolute atomic E-state index is 7.09. The highest BCUT2D eigenvalue weighted by atomic mass is 16.3. The van der Waals surface area contributed by atoms with Crippen molar-refractivity contribution in [1.82, 2.24) is 0 Å². The standard InChI is InChI=1S/C34H29NO/c1-4-30-31(23-14-6-5-7-15-23)32-33(36-30)34(28-20-12-13-21-29(28)35(32)22(2)3)26-18-10-8-16-24(26)25-17-9-11-19-27(25)34/h5-22H,4H2,1-3H3. The highest BCUT2D eigenvalue weighted by molar-refractivity contribution is 5.97. The lowest BCUT2D eigenvalue weighted by atomic mass is 9.67. The number of nitrogens with zero attached hydrogens (tertiary/aromatic N) is 1. The Morgan fingerprint density at radius 2 is 1.25 bits per heavy atom. The van der Waals surface area contributed by atoms with Gasteiger partial charge < -0.3 is 9.32 Å². The molecule has 4 aromatic carbocycles. The Balaban J connectivity index is 1.71. The van der Waals surface area contributed by atoms with Gasteiger partial charge in [-0.1, -0.05) is 104 Å². The summed E-state index contributed by atoms with van der Waals surface area (Å²) in [6.45, 7) is 6.76. The summed E-state index contributed by atoms with van der Waals surface area (Å²) in [6, 6.07) is 37.8. The quantitative estimate of drug-likeness (QED) is 0.259. The van der Waals surface area contributed by atoms with E-state index in [1.165, 1.54) is 50.3 Å². The van der Waals surface area contributed by atoms with E-state index in [9.17, 15) is 0 Å². The molecule has 2 heterocycles. The number of hydrogen-bond donors (Lipinski definition) is 0. The van der Waals surface area contributed by atoms with Crippen LogP contribution in [0.3, 0.4) is 0 Å². The van der Waals surface area contributed by atoms with E-state index in [2.05, 4.69) is 129 Å². The molecule has 0 unspecified atom stereocenters. The maximum atomic E-state index is 7.09. The van der Waals surface area contributed by atoms with Gasteiger partial charge in [0.05, 0.1) is 5.69 Å². The lowest BCUT2D eigenvalue weighted by molar-refractivity contribution is 0.431. The molecule has 0 fully saturated rings. The summed E-state index contributed by atoms with van der Waals surface area (Å²) in [7, 11) is 0. The molecule has 2 nitrogen and oxygen atoms in total. The first-order valence-electron chi connectivity index (χ1n) is 13.0. The summed E-state index contributed by atoms with van der Waals surface area (Å²) in [5.41, 5.74) is 10.9. The molecule has 0 atom stereocenters. The molecular weight excluding hydrogens is 438 g/mol. The predicted octanol–water partition coefficient (Wildman–Crippen LogP) is 8.73. The maximum Gasteiger partial charge on any atom is 0.148 e. The second-order valence-corrected chi connectivity index (χ2v) is 10.1. The molecule has 5 aromatic rings. The van der Waals surface area contributed by atoms with Crippen LogP contribution in [0.2, 0.25) is 0 Å². The van der Waals surface area contributed by atoms with Crippen molar-refractivity contribution in [3.63, 3.8) is 0 Å². The molecule has 176 valence electrons. The van der Waals surface area contributed by atoms with Crippen LogP contribution >= 0.6 is 0 Å². The third-order valence-electron chi connectivity index (χ3n) is 7.96. The van der Waals surface area contributed by atoms with Crippen LogP contribution in [0, 0.1) is 0 Å². The number of anilines is 2.